The Hall–Kier alpha value is -1.77. The molecular weight excluding hydrogens is 216 g/mol. The molecule has 0 fully saturated rings. The normalized spacial score (nSPS) is 9.71. The highest BCUT2D eigenvalue weighted by Crippen LogP contribution is 2.13. The molecule has 1 rings (SSSR count). The average molecular weight is 234 g/mol. The molecule has 0 aliphatic carbocycles. The summed E-state index contributed by atoms with van der Waals surface area (Å²) in [4.78, 5) is 11.4. The zero-order valence-electron chi connectivity index (χ0n) is 10.1. The second-order valence-electron chi connectivity index (χ2n) is 3.52. The van der Waals surface area contributed by atoms with E-state index in [1.807, 2.05) is 6.08 Å². The molecule has 0 atom stereocenters. The van der Waals surface area contributed by atoms with Crippen LogP contribution in [0.3, 0.4) is 0 Å². The van der Waals surface area contributed by atoms with E-state index in [-0.39, 0.29) is 5.97 Å². The number of rotatable bonds is 7. The van der Waals surface area contributed by atoms with Crippen molar-refractivity contribution >= 4 is 5.97 Å². The lowest BCUT2D eigenvalue weighted by Gasteiger charge is -2.06. The number of hydrogen-bond donors (Lipinski definition) is 0. The molecule has 0 saturated carbocycles. The van der Waals surface area contributed by atoms with Crippen LogP contribution in [0.4, 0.5) is 0 Å². The van der Waals surface area contributed by atoms with Crippen molar-refractivity contribution in [2.24, 2.45) is 0 Å². The number of hydrogen-bond acceptors (Lipinski definition) is 3. The molecule has 0 aromatic heterocycles. The average Bonchev–Trinajstić information content (AvgIpc) is 2.36. The third-order valence-corrected chi connectivity index (χ3v) is 2.19. The minimum atomic E-state index is -0.300. The molecule has 0 spiro atoms. The quantitative estimate of drug-likeness (QED) is 0.413. The first-order valence-electron chi connectivity index (χ1n) is 5.78. The number of benzene rings is 1. The predicted molar refractivity (Wildman–Crippen MR) is 67.3 cm³/mol. The second kappa shape index (κ2) is 7.49. The van der Waals surface area contributed by atoms with Gasteiger partial charge in [0.25, 0.3) is 0 Å². The van der Waals surface area contributed by atoms with Gasteiger partial charge >= 0.3 is 5.97 Å². The van der Waals surface area contributed by atoms with Crippen LogP contribution in [-0.4, -0.2) is 19.2 Å². The Labute approximate surface area is 102 Å². The van der Waals surface area contributed by atoms with Crippen LogP contribution in [0.25, 0.3) is 0 Å². The van der Waals surface area contributed by atoms with Gasteiger partial charge in [0.1, 0.15) is 5.75 Å². The Morgan fingerprint density at radius 1 is 1.35 bits per heavy atom. The second-order valence-corrected chi connectivity index (χ2v) is 3.52. The van der Waals surface area contributed by atoms with E-state index in [1.165, 1.54) is 0 Å². The molecule has 0 amide bonds. The Morgan fingerprint density at radius 2 is 2.06 bits per heavy atom. The first-order valence-corrected chi connectivity index (χ1v) is 5.78. The zero-order chi connectivity index (χ0) is 12.5. The maximum Gasteiger partial charge on any atom is 0.338 e. The summed E-state index contributed by atoms with van der Waals surface area (Å²) < 4.78 is 10.4. The highest BCUT2D eigenvalue weighted by molar-refractivity contribution is 5.89. The van der Waals surface area contributed by atoms with Crippen molar-refractivity contribution in [3.05, 3.63) is 42.5 Å². The predicted octanol–water partition coefficient (Wildman–Crippen LogP) is 3.21. The standard InChI is InChI=1S/C14H18O3/c1-3-5-6-11-17-13-9-7-12(8-10-13)14(15)16-4-2/h3,7-10H,1,4-6,11H2,2H3. The van der Waals surface area contributed by atoms with E-state index in [1.54, 1.807) is 31.2 Å². The molecule has 17 heavy (non-hydrogen) atoms. The van der Waals surface area contributed by atoms with Gasteiger partial charge in [-0.1, -0.05) is 6.08 Å². The number of esters is 1. The molecule has 92 valence electrons. The summed E-state index contributed by atoms with van der Waals surface area (Å²) >= 11 is 0. The van der Waals surface area contributed by atoms with Crippen LogP contribution < -0.4 is 4.74 Å². The minimum Gasteiger partial charge on any atom is -0.494 e. The van der Waals surface area contributed by atoms with E-state index < -0.39 is 0 Å². The fourth-order valence-electron chi connectivity index (χ4n) is 1.32. The molecule has 0 aliphatic rings. The molecule has 0 N–H and O–H groups in total. The van der Waals surface area contributed by atoms with Crippen molar-refractivity contribution in [1.29, 1.82) is 0 Å². The number of allylic oxidation sites excluding steroid dienone is 1. The molecule has 0 heterocycles. The maximum absolute atomic E-state index is 11.4. The van der Waals surface area contributed by atoms with E-state index in [2.05, 4.69) is 6.58 Å². The van der Waals surface area contributed by atoms with Crippen molar-refractivity contribution in [2.75, 3.05) is 13.2 Å². The fourth-order valence-corrected chi connectivity index (χ4v) is 1.32. The number of carbonyl (C=O) groups excluding carboxylic acids is 1. The lowest BCUT2D eigenvalue weighted by atomic mass is 10.2. The van der Waals surface area contributed by atoms with Crippen LogP contribution >= 0.6 is 0 Å². The van der Waals surface area contributed by atoms with Crippen molar-refractivity contribution in [2.45, 2.75) is 19.8 Å². The summed E-state index contributed by atoms with van der Waals surface area (Å²) in [5, 5.41) is 0. The van der Waals surface area contributed by atoms with E-state index in [0.717, 1.165) is 18.6 Å². The summed E-state index contributed by atoms with van der Waals surface area (Å²) in [5.74, 6) is 0.466. The Morgan fingerprint density at radius 3 is 2.65 bits per heavy atom. The maximum atomic E-state index is 11.4. The van der Waals surface area contributed by atoms with Gasteiger partial charge in [-0.2, -0.15) is 0 Å². The van der Waals surface area contributed by atoms with E-state index >= 15 is 0 Å². The molecule has 1 aromatic carbocycles. The summed E-state index contributed by atoms with van der Waals surface area (Å²) in [6, 6.07) is 6.97. The van der Waals surface area contributed by atoms with Gasteiger partial charge in [0.15, 0.2) is 0 Å². The van der Waals surface area contributed by atoms with E-state index in [4.69, 9.17) is 9.47 Å². The van der Waals surface area contributed by atoms with Crippen molar-refractivity contribution in [1.82, 2.24) is 0 Å². The van der Waals surface area contributed by atoms with Gasteiger partial charge in [0, 0.05) is 0 Å². The highest BCUT2D eigenvalue weighted by Gasteiger charge is 2.05. The first-order chi connectivity index (χ1) is 8.27. The molecule has 0 radical (unpaired) electrons. The third-order valence-electron chi connectivity index (χ3n) is 2.19. The number of unbranched alkanes of at least 4 members (excludes halogenated alkanes) is 1. The van der Waals surface area contributed by atoms with Gasteiger partial charge in [-0.15, -0.1) is 6.58 Å². The summed E-state index contributed by atoms with van der Waals surface area (Å²) in [7, 11) is 0. The summed E-state index contributed by atoms with van der Waals surface area (Å²) in [6.45, 7) is 6.48. The van der Waals surface area contributed by atoms with Crippen molar-refractivity contribution in [3.8, 4) is 5.75 Å². The molecule has 1 aromatic rings. The molecule has 0 saturated heterocycles. The van der Waals surface area contributed by atoms with E-state index in [0.29, 0.717) is 18.8 Å². The highest BCUT2D eigenvalue weighted by atomic mass is 16.5. The molecule has 0 unspecified atom stereocenters. The van der Waals surface area contributed by atoms with Crippen LogP contribution in [0.5, 0.6) is 5.75 Å². The van der Waals surface area contributed by atoms with E-state index in [9.17, 15) is 4.79 Å². The van der Waals surface area contributed by atoms with Crippen LogP contribution in [0, 0.1) is 0 Å². The monoisotopic (exact) mass is 234 g/mol. The van der Waals surface area contributed by atoms with Crippen LogP contribution in [0.15, 0.2) is 36.9 Å². The smallest absolute Gasteiger partial charge is 0.338 e. The fraction of sp³-hybridized carbons (Fsp3) is 0.357. The first kappa shape index (κ1) is 13.3. The summed E-state index contributed by atoms with van der Waals surface area (Å²) in [5.41, 5.74) is 0.547. The minimum absolute atomic E-state index is 0.300. The molecule has 3 heteroatoms. The van der Waals surface area contributed by atoms with Gasteiger partial charge in [0.2, 0.25) is 0 Å². The molecular formula is C14H18O3. The van der Waals surface area contributed by atoms with Gasteiger partial charge in [-0.05, 0) is 44.0 Å². The van der Waals surface area contributed by atoms with Gasteiger partial charge in [-0.3, -0.25) is 0 Å². The van der Waals surface area contributed by atoms with Crippen molar-refractivity contribution in [3.63, 3.8) is 0 Å². The zero-order valence-corrected chi connectivity index (χ0v) is 10.1. The molecule has 0 aliphatic heterocycles. The van der Waals surface area contributed by atoms with Crippen LogP contribution in [0.1, 0.15) is 30.1 Å². The van der Waals surface area contributed by atoms with Gasteiger partial charge in [-0.25, -0.2) is 4.79 Å². The molecule has 3 nitrogen and oxygen atoms in total. The Balaban J connectivity index is 2.44. The lowest BCUT2D eigenvalue weighted by molar-refractivity contribution is 0.0526. The summed E-state index contributed by atoms with van der Waals surface area (Å²) in [6.07, 6.45) is 3.76. The number of ether oxygens (including phenoxy) is 2. The topological polar surface area (TPSA) is 35.5 Å². The number of carbonyl (C=O) groups is 1. The van der Waals surface area contributed by atoms with Crippen molar-refractivity contribution < 1.29 is 14.3 Å². The SMILES string of the molecule is C=CCCCOc1ccc(C(=O)OCC)cc1. The van der Waals surface area contributed by atoms with Crippen LogP contribution in [0.2, 0.25) is 0 Å². The molecule has 0 bridgehead atoms. The van der Waals surface area contributed by atoms with Gasteiger partial charge < -0.3 is 9.47 Å². The van der Waals surface area contributed by atoms with Crippen LogP contribution in [-0.2, 0) is 4.74 Å². The Bertz CT molecular complexity index is 354. The van der Waals surface area contributed by atoms with Gasteiger partial charge in [0.05, 0.1) is 18.8 Å². The Kier molecular flexibility index (Phi) is 5.86. The lowest BCUT2D eigenvalue weighted by Crippen LogP contribution is -2.04. The third kappa shape index (κ3) is 4.72. The largest absolute Gasteiger partial charge is 0.494 e.